The average molecular weight is 235 g/mol. The SMILES string of the molecule is C#CC(C)(C)Nc1nc(C(F)(F)F)ns1. The summed E-state index contributed by atoms with van der Waals surface area (Å²) in [5, 5.41) is 2.73. The molecule has 0 bridgehead atoms. The Hall–Kier alpha value is -1.29. The van der Waals surface area contributed by atoms with E-state index in [1.54, 1.807) is 13.8 Å². The lowest BCUT2D eigenvalue weighted by molar-refractivity contribution is -0.144. The Bertz CT molecular complexity index is 389. The number of hydrogen-bond donors (Lipinski definition) is 1. The Morgan fingerprint density at radius 3 is 2.40 bits per heavy atom. The van der Waals surface area contributed by atoms with Crippen molar-refractivity contribution in [2.75, 3.05) is 5.32 Å². The molecular formula is C8H8F3N3S. The summed E-state index contributed by atoms with van der Waals surface area (Å²) >= 11 is 0.631. The highest BCUT2D eigenvalue weighted by molar-refractivity contribution is 7.09. The van der Waals surface area contributed by atoms with Crippen molar-refractivity contribution >= 4 is 16.7 Å². The van der Waals surface area contributed by atoms with Crippen LogP contribution in [-0.2, 0) is 6.18 Å². The first-order valence-electron chi connectivity index (χ1n) is 3.91. The van der Waals surface area contributed by atoms with Crippen molar-refractivity contribution in [2.24, 2.45) is 0 Å². The van der Waals surface area contributed by atoms with Crippen LogP contribution in [0.5, 0.6) is 0 Å². The fraction of sp³-hybridized carbons (Fsp3) is 0.500. The first-order chi connectivity index (χ1) is 6.74. The van der Waals surface area contributed by atoms with Gasteiger partial charge in [-0.15, -0.1) is 6.42 Å². The van der Waals surface area contributed by atoms with E-state index < -0.39 is 17.5 Å². The summed E-state index contributed by atoms with van der Waals surface area (Å²) in [4.78, 5) is 3.29. The predicted octanol–water partition coefficient (Wildman–Crippen LogP) is 2.38. The summed E-state index contributed by atoms with van der Waals surface area (Å²) < 4.78 is 39.6. The fourth-order valence-corrected chi connectivity index (χ4v) is 1.44. The predicted molar refractivity (Wildman–Crippen MR) is 51.4 cm³/mol. The van der Waals surface area contributed by atoms with Gasteiger partial charge in [0.25, 0.3) is 0 Å². The number of anilines is 1. The molecule has 3 nitrogen and oxygen atoms in total. The molecule has 0 aliphatic rings. The number of halogens is 3. The minimum absolute atomic E-state index is 0.0604. The van der Waals surface area contributed by atoms with Gasteiger partial charge in [-0.1, -0.05) is 5.92 Å². The topological polar surface area (TPSA) is 37.8 Å². The number of alkyl halides is 3. The van der Waals surface area contributed by atoms with Gasteiger partial charge in [0.15, 0.2) is 0 Å². The van der Waals surface area contributed by atoms with E-state index >= 15 is 0 Å². The summed E-state index contributed by atoms with van der Waals surface area (Å²) in [7, 11) is 0. The largest absolute Gasteiger partial charge is 0.452 e. The first kappa shape index (κ1) is 11.8. The zero-order valence-corrected chi connectivity index (χ0v) is 8.83. The molecule has 1 heterocycles. The quantitative estimate of drug-likeness (QED) is 0.800. The molecule has 0 saturated heterocycles. The van der Waals surface area contributed by atoms with Gasteiger partial charge in [-0.3, -0.25) is 0 Å². The number of aromatic nitrogens is 2. The molecule has 0 fully saturated rings. The van der Waals surface area contributed by atoms with Crippen LogP contribution in [-0.4, -0.2) is 14.9 Å². The highest BCUT2D eigenvalue weighted by Gasteiger charge is 2.36. The standard InChI is InChI=1S/C8H8F3N3S/c1-4-7(2,3)13-6-12-5(14-15-6)8(9,10)11/h1H,2-3H3,(H,12,13,14). The summed E-state index contributed by atoms with van der Waals surface area (Å²) in [6.07, 6.45) is 0.651. The molecule has 1 rings (SSSR count). The first-order valence-corrected chi connectivity index (χ1v) is 4.69. The zero-order valence-electron chi connectivity index (χ0n) is 8.01. The molecule has 0 aliphatic heterocycles. The summed E-state index contributed by atoms with van der Waals surface area (Å²) in [6, 6.07) is 0. The molecule has 0 atom stereocenters. The Balaban J connectivity index is 2.83. The Kier molecular flexibility index (Phi) is 2.90. The summed E-state index contributed by atoms with van der Waals surface area (Å²) in [5.41, 5.74) is -0.748. The van der Waals surface area contributed by atoms with Gasteiger partial charge in [0.05, 0.1) is 5.54 Å². The van der Waals surface area contributed by atoms with Gasteiger partial charge in [0.1, 0.15) is 0 Å². The van der Waals surface area contributed by atoms with E-state index in [0.29, 0.717) is 11.5 Å². The maximum atomic E-state index is 12.1. The van der Waals surface area contributed by atoms with Crippen LogP contribution in [0.25, 0.3) is 0 Å². The minimum atomic E-state index is -4.52. The lowest BCUT2D eigenvalue weighted by Gasteiger charge is -2.17. The van der Waals surface area contributed by atoms with Crippen molar-refractivity contribution < 1.29 is 13.2 Å². The lowest BCUT2D eigenvalue weighted by Crippen LogP contribution is -2.28. The molecule has 1 aromatic heterocycles. The third kappa shape index (κ3) is 3.09. The second-order valence-corrected chi connectivity index (χ2v) is 4.07. The third-order valence-corrected chi connectivity index (χ3v) is 2.09. The van der Waals surface area contributed by atoms with E-state index in [4.69, 9.17) is 6.42 Å². The van der Waals surface area contributed by atoms with Gasteiger partial charge < -0.3 is 5.32 Å². The Labute approximate surface area is 88.9 Å². The lowest BCUT2D eigenvalue weighted by atomic mass is 10.1. The number of nitrogens with zero attached hydrogens (tertiary/aromatic N) is 2. The maximum absolute atomic E-state index is 12.1. The third-order valence-electron chi connectivity index (χ3n) is 1.46. The van der Waals surface area contributed by atoms with Crippen molar-refractivity contribution in [1.29, 1.82) is 0 Å². The molecule has 1 N–H and O–H groups in total. The van der Waals surface area contributed by atoms with Gasteiger partial charge in [0, 0.05) is 11.5 Å². The summed E-state index contributed by atoms with van der Waals surface area (Å²) in [5.74, 6) is 1.23. The van der Waals surface area contributed by atoms with Crippen LogP contribution < -0.4 is 5.32 Å². The number of terminal acetylenes is 1. The van der Waals surface area contributed by atoms with E-state index in [-0.39, 0.29) is 5.13 Å². The van der Waals surface area contributed by atoms with Gasteiger partial charge in [-0.25, -0.2) is 0 Å². The molecule has 0 radical (unpaired) electrons. The van der Waals surface area contributed by atoms with Gasteiger partial charge in [-0.05, 0) is 13.8 Å². The van der Waals surface area contributed by atoms with Crippen molar-refractivity contribution in [3.8, 4) is 12.3 Å². The normalized spacial score (nSPS) is 12.3. The van der Waals surface area contributed by atoms with E-state index in [2.05, 4.69) is 20.6 Å². The summed E-state index contributed by atoms with van der Waals surface area (Å²) in [6.45, 7) is 3.31. The van der Waals surface area contributed by atoms with Gasteiger partial charge >= 0.3 is 6.18 Å². The molecule has 1 aromatic rings. The van der Waals surface area contributed by atoms with E-state index in [1.807, 2.05) is 0 Å². The van der Waals surface area contributed by atoms with Crippen molar-refractivity contribution in [1.82, 2.24) is 9.36 Å². The monoisotopic (exact) mass is 235 g/mol. The molecule has 7 heteroatoms. The fourth-order valence-electron chi connectivity index (χ4n) is 0.693. The van der Waals surface area contributed by atoms with E-state index in [0.717, 1.165) is 0 Å². The average Bonchev–Trinajstić information content (AvgIpc) is 2.51. The number of hydrogen-bond acceptors (Lipinski definition) is 4. The number of rotatable bonds is 2. The highest BCUT2D eigenvalue weighted by atomic mass is 32.1. The highest BCUT2D eigenvalue weighted by Crippen LogP contribution is 2.29. The smallest absolute Gasteiger partial charge is 0.345 e. The van der Waals surface area contributed by atoms with Gasteiger partial charge in [0.2, 0.25) is 11.0 Å². The zero-order chi connectivity index (χ0) is 11.7. The van der Waals surface area contributed by atoms with Crippen LogP contribution in [0, 0.1) is 12.3 Å². The molecule has 0 saturated carbocycles. The van der Waals surface area contributed by atoms with Crippen LogP contribution in [0.1, 0.15) is 19.7 Å². The van der Waals surface area contributed by atoms with Crippen molar-refractivity contribution in [2.45, 2.75) is 25.6 Å². The maximum Gasteiger partial charge on any atom is 0.452 e. The Morgan fingerprint density at radius 2 is 2.00 bits per heavy atom. The molecular weight excluding hydrogens is 227 g/mol. The second-order valence-electron chi connectivity index (χ2n) is 3.32. The van der Waals surface area contributed by atoms with Crippen LogP contribution in [0.3, 0.4) is 0 Å². The molecule has 0 aromatic carbocycles. The van der Waals surface area contributed by atoms with Crippen LogP contribution in [0.2, 0.25) is 0 Å². The Morgan fingerprint density at radius 1 is 1.40 bits per heavy atom. The van der Waals surface area contributed by atoms with E-state index in [9.17, 15) is 13.2 Å². The van der Waals surface area contributed by atoms with Gasteiger partial charge in [-0.2, -0.15) is 22.5 Å². The van der Waals surface area contributed by atoms with E-state index in [1.165, 1.54) is 0 Å². The minimum Gasteiger partial charge on any atom is -0.345 e. The second kappa shape index (κ2) is 3.70. The van der Waals surface area contributed by atoms with Crippen LogP contribution in [0.15, 0.2) is 0 Å². The molecule has 0 unspecified atom stereocenters. The van der Waals surface area contributed by atoms with Crippen molar-refractivity contribution in [3.05, 3.63) is 5.82 Å². The molecule has 15 heavy (non-hydrogen) atoms. The van der Waals surface area contributed by atoms with Crippen molar-refractivity contribution in [3.63, 3.8) is 0 Å². The van der Waals surface area contributed by atoms with Crippen LogP contribution in [0.4, 0.5) is 18.3 Å². The molecule has 0 aliphatic carbocycles. The molecule has 0 spiro atoms. The molecule has 0 amide bonds. The van der Waals surface area contributed by atoms with Crippen LogP contribution >= 0.6 is 11.5 Å². The molecule has 82 valence electrons. The number of nitrogens with one attached hydrogen (secondary N) is 1.